The number of ether oxygens (including phenoxy) is 1. The van der Waals surface area contributed by atoms with Gasteiger partial charge in [0.05, 0.1) is 30.0 Å². The number of benzene rings is 1. The number of fused-ring (bicyclic) bond motifs is 2. The van der Waals surface area contributed by atoms with Crippen molar-refractivity contribution in [2.24, 2.45) is 7.05 Å². The van der Waals surface area contributed by atoms with Gasteiger partial charge in [-0.25, -0.2) is 14.6 Å². The van der Waals surface area contributed by atoms with E-state index < -0.39 is 6.04 Å². The molecule has 10 nitrogen and oxygen atoms in total. The number of nitrogens with zero attached hydrogens (tertiary/aromatic N) is 4. The second-order valence-electron chi connectivity index (χ2n) is 13.0. The Bertz CT molecular complexity index is 1500. The highest BCUT2D eigenvalue weighted by Gasteiger charge is 2.28. The average molecular weight is 622 g/mol. The number of carbonyl (C=O) groups is 2. The van der Waals surface area contributed by atoms with Crippen LogP contribution in [0.4, 0.5) is 9.59 Å². The van der Waals surface area contributed by atoms with E-state index >= 15 is 0 Å². The van der Waals surface area contributed by atoms with E-state index in [1.54, 1.807) is 23.6 Å². The third-order valence-corrected chi connectivity index (χ3v) is 7.21. The molecule has 0 bridgehead atoms. The van der Waals surface area contributed by atoms with Crippen molar-refractivity contribution in [1.29, 1.82) is 0 Å². The molecule has 1 aliphatic heterocycles. The van der Waals surface area contributed by atoms with Crippen LogP contribution >= 0.6 is 11.6 Å². The number of hydrogen-bond donors (Lipinski definition) is 3. The maximum atomic E-state index is 12.9. The highest BCUT2D eigenvalue weighted by Crippen LogP contribution is 2.38. The van der Waals surface area contributed by atoms with Gasteiger partial charge in [0.2, 0.25) is 0 Å². The van der Waals surface area contributed by atoms with Crippen molar-refractivity contribution >= 4 is 35.4 Å². The standard InChI is InChI=1S/C24H26ClN5O.C9H18N2O2/c1-24(2,3)29-23(31)28-22(21-13-26-14-30(21)4)19-10-16-6-5-9-27-20(16)11-15-7-8-17(25)12-18(15)19;1-9(2,3)13-8(12)11-6-4-10-5-7-11/h5-10,12-14,22H,11H2,1-4H3,(H2,28,29,31);10H,4-7H2,1-3H3. The molecule has 1 aromatic carbocycles. The summed E-state index contributed by atoms with van der Waals surface area (Å²) >= 11 is 6.40. The molecule has 11 heteroatoms. The molecular weight excluding hydrogens is 578 g/mol. The number of aromatic nitrogens is 3. The Labute approximate surface area is 265 Å². The summed E-state index contributed by atoms with van der Waals surface area (Å²) in [7, 11) is 1.92. The minimum atomic E-state index is -0.432. The van der Waals surface area contributed by atoms with Gasteiger partial charge in [-0.2, -0.15) is 0 Å². The first-order valence-corrected chi connectivity index (χ1v) is 15.3. The third kappa shape index (κ3) is 9.06. The van der Waals surface area contributed by atoms with Gasteiger partial charge in [-0.1, -0.05) is 23.7 Å². The van der Waals surface area contributed by atoms with Crippen LogP contribution in [0.1, 0.15) is 75.7 Å². The van der Waals surface area contributed by atoms with E-state index in [-0.39, 0.29) is 23.3 Å². The fraction of sp³-hybridized carbons (Fsp3) is 0.455. The molecule has 1 saturated heterocycles. The first-order valence-electron chi connectivity index (χ1n) is 14.9. The molecule has 1 atom stereocenters. The molecule has 5 rings (SSSR count). The number of imidazole rings is 1. The lowest BCUT2D eigenvalue weighted by atomic mass is 9.92. The van der Waals surface area contributed by atoms with Gasteiger partial charge in [-0.15, -0.1) is 0 Å². The summed E-state index contributed by atoms with van der Waals surface area (Å²) in [4.78, 5) is 35.0. The van der Waals surface area contributed by atoms with Gasteiger partial charge in [0.15, 0.2) is 0 Å². The second-order valence-corrected chi connectivity index (χ2v) is 13.5. The zero-order chi connectivity index (χ0) is 32.1. The number of halogens is 1. The minimum Gasteiger partial charge on any atom is -0.444 e. The summed E-state index contributed by atoms with van der Waals surface area (Å²) < 4.78 is 7.16. The minimum absolute atomic E-state index is 0.200. The summed E-state index contributed by atoms with van der Waals surface area (Å²) in [6.45, 7) is 14.7. The van der Waals surface area contributed by atoms with E-state index in [0.717, 1.165) is 59.8 Å². The van der Waals surface area contributed by atoms with Gasteiger partial charge in [0.25, 0.3) is 0 Å². The molecule has 1 aliphatic carbocycles. The Morgan fingerprint density at radius 2 is 1.82 bits per heavy atom. The molecule has 3 amide bonds. The number of hydrogen-bond acceptors (Lipinski definition) is 6. The molecule has 3 N–H and O–H groups in total. The first kappa shape index (κ1) is 33.0. The summed E-state index contributed by atoms with van der Waals surface area (Å²) in [5.74, 6) is 0. The molecule has 0 saturated carbocycles. The van der Waals surface area contributed by atoms with Crippen molar-refractivity contribution in [1.82, 2.24) is 35.4 Å². The van der Waals surface area contributed by atoms with Gasteiger partial charge < -0.3 is 30.2 Å². The van der Waals surface area contributed by atoms with Crippen LogP contribution in [0.5, 0.6) is 0 Å². The highest BCUT2D eigenvalue weighted by atomic mass is 35.5. The number of carbonyl (C=O) groups excluding carboxylic acids is 2. The predicted octanol–water partition coefficient (Wildman–Crippen LogP) is 5.58. The summed E-state index contributed by atoms with van der Waals surface area (Å²) in [6.07, 6.45) is 7.91. The van der Waals surface area contributed by atoms with Crippen molar-refractivity contribution in [2.75, 3.05) is 26.2 Å². The van der Waals surface area contributed by atoms with Crippen molar-refractivity contribution in [3.05, 3.63) is 82.2 Å². The van der Waals surface area contributed by atoms with Crippen LogP contribution in [0, 0.1) is 0 Å². The Kier molecular flexibility index (Phi) is 10.4. The molecular formula is C33H44ClN7O3. The molecule has 1 fully saturated rings. The summed E-state index contributed by atoms with van der Waals surface area (Å²) in [5.41, 5.74) is 5.18. The van der Waals surface area contributed by atoms with Gasteiger partial charge in [0.1, 0.15) is 5.60 Å². The van der Waals surface area contributed by atoms with Crippen LogP contribution in [0.3, 0.4) is 0 Å². The maximum absolute atomic E-state index is 12.9. The molecule has 3 aromatic rings. The molecule has 236 valence electrons. The van der Waals surface area contributed by atoms with E-state index in [1.807, 2.05) is 83.5 Å². The first-order chi connectivity index (χ1) is 20.7. The lowest BCUT2D eigenvalue weighted by molar-refractivity contribution is 0.0229. The van der Waals surface area contributed by atoms with E-state index in [1.165, 1.54) is 0 Å². The fourth-order valence-electron chi connectivity index (χ4n) is 5.00. The van der Waals surface area contributed by atoms with Gasteiger partial charge >= 0.3 is 12.1 Å². The fourth-order valence-corrected chi connectivity index (χ4v) is 5.18. The van der Waals surface area contributed by atoms with Gasteiger partial charge in [0, 0.05) is 56.4 Å². The Balaban J connectivity index is 0.000000285. The Hall–Kier alpha value is -3.89. The molecule has 3 heterocycles. The van der Waals surface area contributed by atoms with Gasteiger partial charge in [-0.3, -0.25) is 4.98 Å². The number of aryl methyl sites for hydroxylation is 1. The van der Waals surface area contributed by atoms with E-state index in [9.17, 15) is 9.59 Å². The zero-order valence-electron chi connectivity index (χ0n) is 26.7. The summed E-state index contributed by atoms with van der Waals surface area (Å²) in [6, 6.07) is 9.17. The SMILES string of the molecule is CC(C)(C)OC(=O)N1CCNCC1.Cn1cncc1C(NC(=O)NC(C)(C)C)C1=Cc2cccnc2Cc2ccc(Cl)cc21. The van der Waals surface area contributed by atoms with E-state index in [4.69, 9.17) is 16.3 Å². The number of piperazine rings is 1. The molecule has 0 radical (unpaired) electrons. The Morgan fingerprint density at radius 1 is 1.09 bits per heavy atom. The van der Waals surface area contributed by atoms with Crippen molar-refractivity contribution in [3.63, 3.8) is 0 Å². The number of nitrogens with one attached hydrogen (secondary N) is 3. The molecule has 0 spiro atoms. The quantitative estimate of drug-likeness (QED) is 0.352. The summed E-state index contributed by atoms with van der Waals surface area (Å²) in [5, 5.41) is 9.99. The lowest BCUT2D eigenvalue weighted by Crippen LogP contribution is -2.48. The molecule has 2 aromatic heterocycles. The zero-order valence-corrected chi connectivity index (χ0v) is 27.5. The smallest absolute Gasteiger partial charge is 0.410 e. The molecule has 44 heavy (non-hydrogen) atoms. The van der Waals surface area contributed by atoms with Crippen molar-refractivity contribution in [2.45, 2.75) is 65.1 Å². The number of pyridine rings is 1. The van der Waals surface area contributed by atoms with Gasteiger partial charge in [-0.05, 0) is 88.1 Å². The number of amides is 3. The molecule has 1 unspecified atom stereocenters. The van der Waals surface area contributed by atoms with Crippen LogP contribution in [0.2, 0.25) is 5.02 Å². The average Bonchev–Trinajstić information content (AvgIpc) is 3.29. The van der Waals surface area contributed by atoms with Crippen LogP contribution in [0.25, 0.3) is 11.6 Å². The van der Waals surface area contributed by atoms with E-state index in [0.29, 0.717) is 11.4 Å². The van der Waals surface area contributed by atoms with Crippen LogP contribution in [0.15, 0.2) is 49.1 Å². The van der Waals surface area contributed by atoms with Crippen LogP contribution < -0.4 is 16.0 Å². The largest absolute Gasteiger partial charge is 0.444 e. The maximum Gasteiger partial charge on any atom is 0.410 e. The lowest BCUT2D eigenvalue weighted by Gasteiger charge is -2.30. The molecule has 2 aliphatic rings. The normalized spacial score (nSPS) is 15.4. The number of urea groups is 1. The third-order valence-electron chi connectivity index (χ3n) is 6.97. The number of rotatable bonds is 3. The van der Waals surface area contributed by atoms with Crippen molar-refractivity contribution < 1.29 is 14.3 Å². The second kappa shape index (κ2) is 13.8. The van der Waals surface area contributed by atoms with Crippen molar-refractivity contribution in [3.8, 4) is 0 Å². The van der Waals surface area contributed by atoms with E-state index in [2.05, 4.69) is 32.0 Å². The highest BCUT2D eigenvalue weighted by molar-refractivity contribution is 6.30. The van der Waals surface area contributed by atoms with Crippen LogP contribution in [-0.2, 0) is 18.2 Å². The predicted molar refractivity (Wildman–Crippen MR) is 174 cm³/mol. The van der Waals surface area contributed by atoms with Crippen LogP contribution in [-0.4, -0.2) is 68.9 Å². The monoisotopic (exact) mass is 621 g/mol. The Morgan fingerprint density at radius 3 is 2.45 bits per heavy atom. The topological polar surface area (TPSA) is 113 Å².